The predicted octanol–water partition coefficient (Wildman–Crippen LogP) is 4.11. The lowest BCUT2D eigenvalue weighted by atomic mass is 9.86. The summed E-state index contributed by atoms with van der Waals surface area (Å²) in [6, 6.07) is 0.477. The van der Waals surface area contributed by atoms with Gasteiger partial charge in [-0.2, -0.15) is 0 Å². The van der Waals surface area contributed by atoms with Gasteiger partial charge >= 0.3 is 0 Å². The van der Waals surface area contributed by atoms with Gasteiger partial charge in [0.05, 0.1) is 0 Å². The molecule has 0 aromatic heterocycles. The van der Waals surface area contributed by atoms with Crippen LogP contribution in [0.15, 0.2) is 0 Å². The summed E-state index contributed by atoms with van der Waals surface area (Å²) in [5.74, 6) is 1.65. The molecule has 1 fully saturated rings. The maximum atomic E-state index is 6.35. The van der Waals surface area contributed by atoms with Crippen molar-refractivity contribution in [3.8, 4) is 0 Å². The molecule has 2 unspecified atom stereocenters. The molecule has 0 heterocycles. The first-order chi connectivity index (χ1) is 7.24. The van der Waals surface area contributed by atoms with E-state index in [1.165, 1.54) is 57.8 Å². The van der Waals surface area contributed by atoms with Crippen molar-refractivity contribution in [3.63, 3.8) is 0 Å². The fraction of sp³-hybridized carbons (Fsp3) is 1.00. The molecule has 1 saturated carbocycles. The number of hydrogen-bond donors (Lipinski definition) is 1. The first-order valence-corrected chi connectivity index (χ1v) is 6.99. The van der Waals surface area contributed by atoms with E-state index in [0.717, 1.165) is 11.8 Å². The van der Waals surface area contributed by atoms with E-state index >= 15 is 0 Å². The molecule has 1 aliphatic rings. The van der Waals surface area contributed by atoms with Crippen LogP contribution in [0.3, 0.4) is 0 Å². The summed E-state index contributed by atoms with van der Waals surface area (Å²) in [5, 5.41) is 0. The van der Waals surface area contributed by atoms with Gasteiger partial charge in [0.15, 0.2) is 0 Å². The van der Waals surface area contributed by atoms with Crippen molar-refractivity contribution in [2.24, 2.45) is 17.6 Å². The molecule has 1 nitrogen and oxygen atoms in total. The van der Waals surface area contributed by atoms with Crippen molar-refractivity contribution in [1.82, 2.24) is 0 Å². The highest BCUT2D eigenvalue weighted by Crippen LogP contribution is 2.27. The molecule has 90 valence electrons. The second-order valence-electron chi connectivity index (χ2n) is 5.55. The van der Waals surface area contributed by atoms with Crippen LogP contribution in [0.5, 0.6) is 0 Å². The minimum atomic E-state index is 0.477. The Labute approximate surface area is 95.8 Å². The van der Waals surface area contributed by atoms with E-state index in [2.05, 4.69) is 13.8 Å². The van der Waals surface area contributed by atoms with E-state index in [1.54, 1.807) is 0 Å². The topological polar surface area (TPSA) is 26.0 Å². The van der Waals surface area contributed by atoms with Crippen molar-refractivity contribution in [2.75, 3.05) is 0 Å². The van der Waals surface area contributed by atoms with Gasteiger partial charge < -0.3 is 5.73 Å². The average Bonchev–Trinajstić information content (AvgIpc) is 2.45. The van der Waals surface area contributed by atoms with Gasteiger partial charge in [-0.1, -0.05) is 52.4 Å². The van der Waals surface area contributed by atoms with Gasteiger partial charge in [-0.05, 0) is 31.1 Å². The minimum Gasteiger partial charge on any atom is -0.327 e. The summed E-state index contributed by atoms with van der Waals surface area (Å²) in [4.78, 5) is 0. The highest BCUT2D eigenvalue weighted by atomic mass is 14.6. The van der Waals surface area contributed by atoms with Gasteiger partial charge in [-0.15, -0.1) is 0 Å². The normalized spacial score (nSPS) is 23.4. The molecule has 0 radical (unpaired) electrons. The van der Waals surface area contributed by atoms with E-state index < -0.39 is 0 Å². The highest BCUT2D eigenvalue weighted by Gasteiger charge is 2.20. The summed E-state index contributed by atoms with van der Waals surface area (Å²) >= 11 is 0. The lowest BCUT2D eigenvalue weighted by Crippen LogP contribution is -2.31. The third-order valence-electron chi connectivity index (χ3n) is 3.96. The Balaban J connectivity index is 2.27. The van der Waals surface area contributed by atoms with E-state index in [-0.39, 0.29) is 0 Å². The lowest BCUT2D eigenvalue weighted by Gasteiger charge is -2.25. The van der Waals surface area contributed by atoms with Crippen molar-refractivity contribution >= 4 is 0 Å². The summed E-state index contributed by atoms with van der Waals surface area (Å²) in [6.07, 6.45) is 12.4. The monoisotopic (exact) mass is 211 g/mol. The molecule has 2 N–H and O–H groups in total. The second kappa shape index (κ2) is 7.27. The molecule has 0 aromatic carbocycles. The highest BCUT2D eigenvalue weighted by molar-refractivity contribution is 4.77. The Bertz CT molecular complexity index is 147. The van der Waals surface area contributed by atoms with Gasteiger partial charge in [0.2, 0.25) is 0 Å². The van der Waals surface area contributed by atoms with Crippen LogP contribution < -0.4 is 5.73 Å². The van der Waals surface area contributed by atoms with E-state index in [4.69, 9.17) is 5.73 Å². The number of nitrogens with two attached hydrogens (primary N) is 1. The third-order valence-corrected chi connectivity index (χ3v) is 3.96. The van der Waals surface area contributed by atoms with Crippen LogP contribution in [0.1, 0.15) is 71.6 Å². The molecule has 1 aliphatic carbocycles. The first-order valence-electron chi connectivity index (χ1n) is 6.99. The van der Waals surface area contributed by atoms with Gasteiger partial charge in [-0.3, -0.25) is 0 Å². The summed E-state index contributed by atoms with van der Waals surface area (Å²) in [6.45, 7) is 4.63. The van der Waals surface area contributed by atoms with Crippen molar-refractivity contribution in [2.45, 2.75) is 77.7 Å². The van der Waals surface area contributed by atoms with Crippen LogP contribution >= 0.6 is 0 Å². The SMILES string of the molecule is CCCC(C)CC(N)C1CCCCCC1. The molecule has 2 atom stereocenters. The third kappa shape index (κ3) is 5.01. The van der Waals surface area contributed by atoms with Crippen LogP contribution in [0.4, 0.5) is 0 Å². The van der Waals surface area contributed by atoms with E-state index in [0.29, 0.717) is 6.04 Å². The first kappa shape index (κ1) is 13.0. The smallest absolute Gasteiger partial charge is 0.00696 e. The molecule has 0 amide bonds. The molecule has 0 bridgehead atoms. The molecular weight excluding hydrogens is 182 g/mol. The Morgan fingerprint density at radius 2 is 1.73 bits per heavy atom. The van der Waals surface area contributed by atoms with Gasteiger partial charge in [0.1, 0.15) is 0 Å². The summed E-state index contributed by atoms with van der Waals surface area (Å²) in [7, 11) is 0. The van der Waals surface area contributed by atoms with Gasteiger partial charge in [0, 0.05) is 6.04 Å². The minimum absolute atomic E-state index is 0.477. The van der Waals surface area contributed by atoms with Crippen molar-refractivity contribution in [1.29, 1.82) is 0 Å². The molecule has 1 rings (SSSR count). The Kier molecular flexibility index (Phi) is 6.31. The molecule has 0 aromatic rings. The van der Waals surface area contributed by atoms with Crippen LogP contribution in [0.2, 0.25) is 0 Å². The summed E-state index contributed by atoms with van der Waals surface area (Å²) in [5.41, 5.74) is 6.35. The Morgan fingerprint density at radius 1 is 1.13 bits per heavy atom. The Hall–Kier alpha value is -0.0400. The van der Waals surface area contributed by atoms with Crippen molar-refractivity contribution < 1.29 is 0 Å². The zero-order valence-electron chi connectivity index (χ0n) is 10.7. The Morgan fingerprint density at radius 3 is 2.27 bits per heavy atom. The fourth-order valence-corrected chi connectivity index (χ4v) is 3.01. The molecule has 1 heteroatoms. The average molecular weight is 211 g/mol. The number of hydrogen-bond acceptors (Lipinski definition) is 1. The quantitative estimate of drug-likeness (QED) is 0.680. The van der Waals surface area contributed by atoms with Crippen LogP contribution in [0.25, 0.3) is 0 Å². The molecule has 15 heavy (non-hydrogen) atoms. The maximum Gasteiger partial charge on any atom is 0.00696 e. The molecule has 0 saturated heterocycles. The predicted molar refractivity (Wildman–Crippen MR) is 67.9 cm³/mol. The van der Waals surface area contributed by atoms with Crippen molar-refractivity contribution in [3.05, 3.63) is 0 Å². The second-order valence-corrected chi connectivity index (χ2v) is 5.55. The zero-order chi connectivity index (χ0) is 11.1. The largest absolute Gasteiger partial charge is 0.327 e. The zero-order valence-corrected chi connectivity index (χ0v) is 10.7. The van der Waals surface area contributed by atoms with Gasteiger partial charge in [0.25, 0.3) is 0 Å². The molecule has 0 spiro atoms. The maximum absolute atomic E-state index is 6.35. The van der Waals surface area contributed by atoms with Crippen LogP contribution in [-0.4, -0.2) is 6.04 Å². The standard InChI is InChI=1S/C14H29N/c1-3-8-12(2)11-14(15)13-9-6-4-5-7-10-13/h12-14H,3-11,15H2,1-2H3. The summed E-state index contributed by atoms with van der Waals surface area (Å²) < 4.78 is 0. The van der Waals surface area contributed by atoms with Crippen LogP contribution in [0, 0.1) is 11.8 Å². The lowest BCUT2D eigenvalue weighted by molar-refractivity contribution is 0.314. The number of rotatable bonds is 5. The van der Waals surface area contributed by atoms with Crippen LogP contribution in [-0.2, 0) is 0 Å². The molecular formula is C14H29N. The van der Waals surface area contributed by atoms with Gasteiger partial charge in [-0.25, -0.2) is 0 Å². The van der Waals surface area contributed by atoms with E-state index in [1.807, 2.05) is 0 Å². The fourth-order valence-electron chi connectivity index (χ4n) is 3.01. The molecule has 0 aliphatic heterocycles. The van der Waals surface area contributed by atoms with E-state index in [9.17, 15) is 0 Å².